The van der Waals surface area contributed by atoms with Gasteiger partial charge in [0.15, 0.2) is 5.65 Å². The molecule has 0 fully saturated rings. The van der Waals surface area contributed by atoms with Crippen LogP contribution in [0.2, 0.25) is 0 Å². The molecule has 0 atom stereocenters. The molecule has 0 bridgehead atoms. The van der Waals surface area contributed by atoms with Crippen LogP contribution >= 0.6 is 0 Å². The Hall–Kier alpha value is -4.19. The first-order valence-electron chi connectivity index (χ1n) is 10.1. The molecule has 0 saturated heterocycles. The number of carbonyl (C=O) groups is 1. The van der Waals surface area contributed by atoms with Gasteiger partial charge in [0, 0.05) is 6.54 Å². The van der Waals surface area contributed by atoms with Gasteiger partial charge in [0.2, 0.25) is 0 Å². The standard InChI is InChI=1S/C25H21N5O/c26-23-21(25(31)27-15-17-9-3-1-4-10-17)22-24(29-20-14-8-7-13-19(20)28-22)30(23)16-18-11-5-2-6-12-18/h1-14H,15-16,26H2,(H,27,31). The van der Waals surface area contributed by atoms with Crippen molar-refractivity contribution in [2.75, 3.05) is 5.73 Å². The van der Waals surface area contributed by atoms with Crippen molar-refractivity contribution in [3.63, 3.8) is 0 Å². The lowest BCUT2D eigenvalue weighted by molar-refractivity contribution is 0.0953. The van der Waals surface area contributed by atoms with Gasteiger partial charge in [-0.15, -0.1) is 0 Å². The summed E-state index contributed by atoms with van der Waals surface area (Å²) in [6.45, 7) is 0.910. The Bertz CT molecular complexity index is 1380. The fourth-order valence-electron chi connectivity index (χ4n) is 3.73. The Kier molecular flexibility index (Phi) is 4.80. The van der Waals surface area contributed by atoms with Crippen LogP contribution in [0.25, 0.3) is 22.2 Å². The fraction of sp³-hybridized carbons (Fsp3) is 0.0800. The lowest BCUT2D eigenvalue weighted by atomic mass is 10.2. The van der Waals surface area contributed by atoms with Crippen LogP contribution < -0.4 is 11.1 Å². The zero-order chi connectivity index (χ0) is 21.2. The molecule has 6 heteroatoms. The Morgan fingerprint density at radius 3 is 2.06 bits per heavy atom. The number of nitrogens with two attached hydrogens (primary N) is 1. The summed E-state index contributed by atoms with van der Waals surface area (Å²) in [5, 5.41) is 2.97. The summed E-state index contributed by atoms with van der Waals surface area (Å²) >= 11 is 0. The van der Waals surface area contributed by atoms with Crippen molar-refractivity contribution in [2.45, 2.75) is 13.1 Å². The highest BCUT2D eigenvalue weighted by Crippen LogP contribution is 2.28. The zero-order valence-electron chi connectivity index (χ0n) is 16.8. The molecule has 0 radical (unpaired) electrons. The first-order chi connectivity index (χ1) is 15.2. The molecule has 3 N–H and O–H groups in total. The number of nitrogen functional groups attached to an aromatic ring is 1. The van der Waals surface area contributed by atoms with Gasteiger partial charge in [-0.2, -0.15) is 0 Å². The molecule has 5 aromatic rings. The summed E-state index contributed by atoms with van der Waals surface area (Å²) in [4.78, 5) is 22.7. The highest BCUT2D eigenvalue weighted by atomic mass is 16.1. The van der Waals surface area contributed by atoms with Crippen LogP contribution in [-0.4, -0.2) is 20.4 Å². The predicted octanol–water partition coefficient (Wildman–Crippen LogP) is 4.15. The first kappa shape index (κ1) is 18.8. The van der Waals surface area contributed by atoms with Crippen molar-refractivity contribution in [3.05, 3.63) is 102 Å². The number of para-hydroxylation sites is 2. The SMILES string of the molecule is Nc1c(C(=O)NCc2ccccc2)c2nc3ccccc3nc2n1Cc1ccccc1. The lowest BCUT2D eigenvalue weighted by Crippen LogP contribution is -2.24. The van der Waals surface area contributed by atoms with Crippen LogP contribution in [-0.2, 0) is 13.1 Å². The van der Waals surface area contributed by atoms with E-state index in [9.17, 15) is 4.79 Å². The number of anilines is 1. The van der Waals surface area contributed by atoms with E-state index in [1.165, 1.54) is 0 Å². The second-order valence-corrected chi connectivity index (χ2v) is 7.38. The van der Waals surface area contributed by atoms with Crippen molar-refractivity contribution < 1.29 is 4.79 Å². The molecule has 3 aromatic carbocycles. The summed E-state index contributed by atoms with van der Waals surface area (Å²) in [6, 6.07) is 27.4. The summed E-state index contributed by atoms with van der Waals surface area (Å²) in [5.74, 6) is 0.0995. The molecule has 0 saturated carbocycles. The van der Waals surface area contributed by atoms with E-state index in [1.54, 1.807) is 0 Å². The van der Waals surface area contributed by atoms with Gasteiger partial charge in [0.25, 0.3) is 5.91 Å². The molecule has 1 amide bonds. The topological polar surface area (TPSA) is 85.8 Å². The molecule has 2 heterocycles. The van der Waals surface area contributed by atoms with Gasteiger partial charge >= 0.3 is 0 Å². The Labute approximate surface area is 179 Å². The number of hydrogen-bond donors (Lipinski definition) is 2. The monoisotopic (exact) mass is 407 g/mol. The maximum Gasteiger partial charge on any atom is 0.257 e. The van der Waals surface area contributed by atoms with Gasteiger partial charge in [-0.25, -0.2) is 9.97 Å². The van der Waals surface area contributed by atoms with Gasteiger partial charge in [-0.05, 0) is 23.3 Å². The Morgan fingerprint density at radius 1 is 0.806 bits per heavy atom. The van der Waals surface area contributed by atoms with Crippen LogP contribution in [0.15, 0.2) is 84.9 Å². The van der Waals surface area contributed by atoms with E-state index < -0.39 is 0 Å². The summed E-state index contributed by atoms with van der Waals surface area (Å²) in [7, 11) is 0. The molecule has 31 heavy (non-hydrogen) atoms. The van der Waals surface area contributed by atoms with Gasteiger partial charge in [0.1, 0.15) is 16.9 Å². The fourth-order valence-corrected chi connectivity index (χ4v) is 3.73. The number of hydrogen-bond acceptors (Lipinski definition) is 4. The average Bonchev–Trinajstić information content (AvgIpc) is 3.08. The minimum absolute atomic E-state index is 0.261. The molecular weight excluding hydrogens is 386 g/mol. The molecule has 0 aliphatic rings. The van der Waals surface area contributed by atoms with Crippen molar-refractivity contribution in [1.82, 2.24) is 19.9 Å². The molecule has 6 nitrogen and oxygen atoms in total. The normalized spacial score (nSPS) is 11.1. The number of carbonyl (C=O) groups excluding carboxylic acids is 1. The van der Waals surface area contributed by atoms with Crippen LogP contribution in [0.5, 0.6) is 0 Å². The molecule has 152 valence electrons. The third-order valence-electron chi connectivity index (χ3n) is 5.30. The third kappa shape index (κ3) is 3.59. The molecular formula is C25H21N5O. The molecule has 2 aromatic heterocycles. The summed E-state index contributed by atoms with van der Waals surface area (Å²) < 4.78 is 1.86. The zero-order valence-corrected chi connectivity index (χ0v) is 16.8. The first-order valence-corrected chi connectivity index (χ1v) is 10.1. The van der Waals surface area contributed by atoms with Crippen LogP contribution in [0.4, 0.5) is 5.82 Å². The number of rotatable bonds is 5. The van der Waals surface area contributed by atoms with E-state index in [0.29, 0.717) is 35.6 Å². The van der Waals surface area contributed by atoms with E-state index in [0.717, 1.165) is 22.2 Å². The van der Waals surface area contributed by atoms with Gasteiger partial charge in [0.05, 0.1) is 17.6 Å². The van der Waals surface area contributed by atoms with Crippen molar-refractivity contribution in [1.29, 1.82) is 0 Å². The second kappa shape index (κ2) is 7.91. The smallest absolute Gasteiger partial charge is 0.257 e. The highest BCUT2D eigenvalue weighted by molar-refractivity contribution is 6.10. The molecule has 5 rings (SSSR count). The van der Waals surface area contributed by atoms with E-state index in [2.05, 4.69) is 5.32 Å². The van der Waals surface area contributed by atoms with Crippen molar-refractivity contribution >= 4 is 33.9 Å². The number of fused-ring (bicyclic) bond motifs is 2. The van der Waals surface area contributed by atoms with E-state index >= 15 is 0 Å². The van der Waals surface area contributed by atoms with Gasteiger partial charge in [-0.1, -0.05) is 72.8 Å². The lowest BCUT2D eigenvalue weighted by Gasteiger charge is -2.08. The van der Waals surface area contributed by atoms with E-state index in [1.807, 2.05) is 89.5 Å². The molecule has 0 aliphatic heterocycles. The number of benzene rings is 3. The highest BCUT2D eigenvalue weighted by Gasteiger charge is 2.24. The van der Waals surface area contributed by atoms with Crippen LogP contribution in [0.1, 0.15) is 21.5 Å². The van der Waals surface area contributed by atoms with Gasteiger partial charge in [-0.3, -0.25) is 4.79 Å². The molecule has 0 spiro atoms. The third-order valence-corrected chi connectivity index (χ3v) is 5.30. The number of nitrogens with one attached hydrogen (secondary N) is 1. The maximum absolute atomic E-state index is 13.2. The Morgan fingerprint density at radius 2 is 1.39 bits per heavy atom. The summed E-state index contributed by atoms with van der Waals surface area (Å²) in [5.41, 5.74) is 11.6. The van der Waals surface area contributed by atoms with Crippen LogP contribution in [0, 0.1) is 0 Å². The van der Waals surface area contributed by atoms with Crippen molar-refractivity contribution in [3.8, 4) is 0 Å². The Balaban J connectivity index is 1.61. The quantitative estimate of drug-likeness (QED) is 0.458. The summed E-state index contributed by atoms with van der Waals surface area (Å²) in [6.07, 6.45) is 0. The largest absolute Gasteiger partial charge is 0.384 e. The van der Waals surface area contributed by atoms with Gasteiger partial charge < -0.3 is 15.6 Å². The minimum Gasteiger partial charge on any atom is -0.384 e. The maximum atomic E-state index is 13.2. The predicted molar refractivity (Wildman–Crippen MR) is 123 cm³/mol. The average molecular weight is 407 g/mol. The number of amides is 1. The van der Waals surface area contributed by atoms with E-state index in [4.69, 9.17) is 15.7 Å². The van der Waals surface area contributed by atoms with E-state index in [-0.39, 0.29) is 5.91 Å². The van der Waals surface area contributed by atoms with Crippen molar-refractivity contribution in [2.24, 2.45) is 0 Å². The molecule has 0 unspecified atom stereocenters. The molecule has 0 aliphatic carbocycles. The minimum atomic E-state index is -0.261. The second-order valence-electron chi connectivity index (χ2n) is 7.38. The number of aromatic nitrogens is 3. The van der Waals surface area contributed by atoms with Crippen LogP contribution in [0.3, 0.4) is 0 Å². The number of nitrogens with zero attached hydrogens (tertiary/aromatic N) is 3.